The van der Waals surface area contributed by atoms with Gasteiger partial charge in [0.15, 0.2) is 11.5 Å². The zero-order valence-corrected chi connectivity index (χ0v) is 12.0. The summed E-state index contributed by atoms with van der Waals surface area (Å²) in [4.78, 5) is 0. The molecule has 0 aliphatic rings. The number of phenolic OH excluding ortho intramolecular Hbond substituents is 2. The van der Waals surface area contributed by atoms with Crippen molar-refractivity contribution in [2.75, 3.05) is 14.2 Å². The number of hydrogen-bond acceptors (Lipinski definition) is 4. The van der Waals surface area contributed by atoms with Gasteiger partial charge in [0.2, 0.25) is 0 Å². The lowest BCUT2D eigenvalue weighted by Crippen LogP contribution is -2.01. The molecule has 2 aromatic carbocycles. The summed E-state index contributed by atoms with van der Waals surface area (Å²) in [6, 6.07) is 10.1. The van der Waals surface area contributed by atoms with Gasteiger partial charge in [0.1, 0.15) is 11.5 Å². The molecule has 2 aromatic rings. The highest BCUT2D eigenvalue weighted by Crippen LogP contribution is 2.40. The molecule has 0 radical (unpaired) electrons. The minimum atomic E-state index is -0.219. The summed E-state index contributed by atoms with van der Waals surface area (Å²) in [6.45, 7) is 3.84. The molecule has 4 heteroatoms. The summed E-state index contributed by atoms with van der Waals surface area (Å²) < 4.78 is 10.5. The van der Waals surface area contributed by atoms with Gasteiger partial charge in [0.05, 0.1) is 14.2 Å². The van der Waals surface area contributed by atoms with E-state index in [1.807, 2.05) is 6.07 Å². The number of methoxy groups -OCH3 is 2. The van der Waals surface area contributed by atoms with Crippen molar-refractivity contribution >= 4 is 0 Å². The Kier molecular flexibility index (Phi) is 4.38. The Balaban J connectivity index is 2.56. The standard InChI is InChI=1S/C17H18O4/c1-4-13(11-6-5-7-12(18)8-11)14-9-15(19)17(21-3)10-16(14)20-2/h4-10,13,18-19H,1H2,2-3H3/t13-/m0/s1. The second-order valence-electron chi connectivity index (χ2n) is 4.57. The molecule has 0 heterocycles. The van der Waals surface area contributed by atoms with Crippen LogP contribution < -0.4 is 9.47 Å². The lowest BCUT2D eigenvalue weighted by Gasteiger charge is -2.18. The minimum absolute atomic E-state index is 0.0281. The summed E-state index contributed by atoms with van der Waals surface area (Å²) >= 11 is 0. The molecule has 110 valence electrons. The van der Waals surface area contributed by atoms with Crippen molar-refractivity contribution in [1.82, 2.24) is 0 Å². The molecule has 0 aromatic heterocycles. The van der Waals surface area contributed by atoms with E-state index >= 15 is 0 Å². The molecule has 4 nitrogen and oxygen atoms in total. The predicted octanol–water partition coefficient (Wildman–Crippen LogP) is 3.43. The van der Waals surface area contributed by atoms with E-state index in [1.165, 1.54) is 7.11 Å². The highest BCUT2D eigenvalue weighted by Gasteiger charge is 2.19. The van der Waals surface area contributed by atoms with Gasteiger partial charge in [-0.2, -0.15) is 0 Å². The van der Waals surface area contributed by atoms with Crippen LogP contribution in [-0.4, -0.2) is 24.4 Å². The summed E-state index contributed by atoms with van der Waals surface area (Å²) in [5, 5.41) is 19.6. The first-order valence-corrected chi connectivity index (χ1v) is 6.47. The Morgan fingerprint density at radius 2 is 1.76 bits per heavy atom. The van der Waals surface area contributed by atoms with Gasteiger partial charge in [-0.3, -0.25) is 0 Å². The van der Waals surface area contributed by atoms with Crippen LogP contribution in [0.3, 0.4) is 0 Å². The largest absolute Gasteiger partial charge is 0.508 e. The molecule has 0 amide bonds. The first-order chi connectivity index (χ1) is 10.1. The maximum atomic E-state index is 9.99. The van der Waals surface area contributed by atoms with Gasteiger partial charge in [0, 0.05) is 17.5 Å². The molecule has 2 N–H and O–H groups in total. The number of benzene rings is 2. The maximum Gasteiger partial charge on any atom is 0.164 e. The molecular formula is C17H18O4. The van der Waals surface area contributed by atoms with Crippen LogP contribution in [0.4, 0.5) is 0 Å². The molecule has 0 aliphatic carbocycles. The topological polar surface area (TPSA) is 58.9 Å². The molecular weight excluding hydrogens is 268 g/mol. The van der Waals surface area contributed by atoms with E-state index in [0.717, 1.165) is 11.1 Å². The van der Waals surface area contributed by atoms with Crippen LogP contribution in [0.15, 0.2) is 49.1 Å². The Morgan fingerprint density at radius 3 is 2.33 bits per heavy atom. The first kappa shape index (κ1) is 14.8. The lowest BCUT2D eigenvalue weighted by molar-refractivity contribution is 0.362. The van der Waals surface area contributed by atoms with E-state index in [1.54, 1.807) is 43.5 Å². The van der Waals surface area contributed by atoms with Crippen molar-refractivity contribution in [3.05, 3.63) is 60.2 Å². The third-order valence-electron chi connectivity index (χ3n) is 3.33. The van der Waals surface area contributed by atoms with Crippen LogP contribution in [-0.2, 0) is 0 Å². The number of aromatic hydroxyl groups is 2. The molecule has 0 fully saturated rings. The second-order valence-corrected chi connectivity index (χ2v) is 4.57. The number of rotatable bonds is 5. The molecule has 21 heavy (non-hydrogen) atoms. The van der Waals surface area contributed by atoms with Crippen molar-refractivity contribution in [2.24, 2.45) is 0 Å². The van der Waals surface area contributed by atoms with Crippen LogP contribution in [0, 0.1) is 0 Å². The van der Waals surface area contributed by atoms with Gasteiger partial charge < -0.3 is 19.7 Å². The van der Waals surface area contributed by atoms with Crippen LogP contribution in [0.5, 0.6) is 23.0 Å². The number of hydrogen-bond donors (Lipinski definition) is 2. The highest BCUT2D eigenvalue weighted by atomic mass is 16.5. The molecule has 0 aliphatic heterocycles. The molecule has 1 atom stereocenters. The maximum absolute atomic E-state index is 9.99. The van der Waals surface area contributed by atoms with Crippen LogP contribution >= 0.6 is 0 Å². The normalized spacial score (nSPS) is 11.7. The molecule has 0 saturated heterocycles. The SMILES string of the molecule is C=C[C@@H](c1cccc(O)c1)c1cc(O)c(OC)cc1OC. The average Bonchev–Trinajstić information content (AvgIpc) is 2.48. The highest BCUT2D eigenvalue weighted by molar-refractivity contribution is 5.54. The second kappa shape index (κ2) is 6.22. The van der Waals surface area contributed by atoms with Crippen molar-refractivity contribution < 1.29 is 19.7 Å². The van der Waals surface area contributed by atoms with Crippen LogP contribution in [0.25, 0.3) is 0 Å². The van der Waals surface area contributed by atoms with Gasteiger partial charge in [-0.15, -0.1) is 6.58 Å². The smallest absolute Gasteiger partial charge is 0.164 e. The third kappa shape index (κ3) is 2.94. The Labute approximate surface area is 123 Å². The molecule has 0 bridgehead atoms. The van der Waals surface area contributed by atoms with Crippen molar-refractivity contribution in [3.8, 4) is 23.0 Å². The van der Waals surface area contributed by atoms with E-state index in [2.05, 4.69) is 6.58 Å². The van der Waals surface area contributed by atoms with E-state index in [9.17, 15) is 10.2 Å². The summed E-state index contributed by atoms with van der Waals surface area (Å²) in [5.41, 5.74) is 1.60. The van der Waals surface area contributed by atoms with Gasteiger partial charge in [-0.05, 0) is 23.8 Å². The van der Waals surface area contributed by atoms with E-state index in [-0.39, 0.29) is 17.4 Å². The van der Waals surface area contributed by atoms with Crippen LogP contribution in [0.1, 0.15) is 17.0 Å². The Hall–Kier alpha value is -2.62. The molecule has 2 rings (SSSR count). The summed E-state index contributed by atoms with van der Waals surface area (Å²) in [5.74, 6) is 0.910. The van der Waals surface area contributed by atoms with Crippen molar-refractivity contribution in [2.45, 2.75) is 5.92 Å². The number of allylic oxidation sites excluding steroid dienone is 1. The average molecular weight is 286 g/mol. The van der Waals surface area contributed by atoms with Crippen LogP contribution in [0.2, 0.25) is 0 Å². The van der Waals surface area contributed by atoms with E-state index < -0.39 is 0 Å². The Morgan fingerprint density at radius 1 is 1.05 bits per heavy atom. The zero-order chi connectivity index (χ0) is 15.4. The monoisotopic (exact) mass is 286 g/mol. The lowest BCUT2D eigenvalue weighted by atomic mass is 9.90. The number of phenols is 2. The van der Waals surface area contributed by atoms with E-state index in [4.69, 9.17) is 9.47 Å². The van der Waals surface area contributed by atoms with Gasteiger partial charge in [0.25, 0.3) is 0 Å². The molecule has 0 spiro atoms. The third-order valence-corrected chi connectivity index (χ3v) is 3.33. The quantitative estimate of drug-likeness (QED) is 0.827. The fourth-order valence-corrected chi connectivity index (χ4v) is 2.31. The van der Waals surface area contributed by atoms with Crippen molar-refractivity contribution in [1.29, 1.82) is 0 Å². The van der Waals surface area contributed by atoms with Gasteiger partial charge in [-0.1, -0.05) is 18.2 Å². The zero-order valence-electron chi connectivity index (χ0n) is 12.0. The predicted molar refractivity (Wildman–Crippen MR) is 81.4 cm³/mol. The summed E-state index contributed by atoms with van der Waals surface area (Å²) in [6.07, 6.45) is 1.73. The van der Waals surface area contributed by atoms with Gasteiger partial charge >= 0.3 is 0 Å². The molecule has 0 unspecified atom stereocenters. The number of ether oxygens (including phenoxy) is 2. The van der Waals surface area contributed by atoms with Crippen molar-refractivity contribution in [3.63, 3.8) is 0 Å². The Bertz CT molecular complexity index is 649. The first-order valence-electron chi connectivity index (χ1n) is 6.47. The fourth-order valence-electron chi connectivity index (χ4n) is 2.31. The fraction of sp³-hybridized carbons (Fsp3) is 0.176. The summed E-state index contributed by atoms with van der Waals surface area (Å²) in [7, 11) is 3.03. The van der Waals surface area contributed by atoms with E-state index in [0.29, 0.717) is 11.5 Å². The minimum Gasteiger partial charge on any atom is -0.508 e. The van der Waals surface area contributed by atoms with Gasteiger partial charge in [-0.25, -0.2) is 0 Å². The molecule has 0 saturated carbocycles.